The Kier molecular flexibility index (Phi) is 10.7. The Hall–Kier alpha value is -0.630. The molecule has 0 aromatic heterocycles. The van der Waals surface area contributed by atoms with Crippen molar-refractivity contribution in [3.05, 3.63) is 24.6 Å². The third-order valence-electron chi connectivity index (χ3n) is 3.06. The lowest BCUT2D eigenvalue weighted by Crippen LogP contribution is -2.42. The third kappa shape index (κ3) is 10.7. The highest BCUT2D eigenvalue weighted by Gasteiger charge is 2.20. The zero-order valence-electron chi connectivity index (χ0n) is 14.4. The number of unbranched alkanes of at least 4 members (excludes halogenated alkanes) is 1. The van der Waals surface area contributed by atoms with Gasteiger partial charge in [0.15, 0.2) is 0 Å². The second kappa shape index (κ2) is 11.0. The van der Waals surface area contributed by atoms with Crippen molar-refractivity contribution in [2.45, 2.75) is 70.1 Å². The minimum Gasteiger partial charge on any atom is -0.379 e. The largest absolute Gasteiger partial charge is 0.379 e. The van der Waals surface area contributed by atoms with Gasteiger partial charge in [-0.3, -0.25) is 5.32 Å². The van der Waals surface area contributed by atoms with Gasteiger partial charge in [-0.05, 0) is 53.0 Å². The SMILES string of the molecule is C=CC(NC(O)CCCCNS(=O)C(C)(C)C)C(F)/C=C(\C)F. The number of allylic oxidation sites excluding steroid dienone is 1. The van der Waals surface area contributed by atoms with Crippen molar-refractivity contribution in [2.75, 3.05) is 6.54 Å². The van der Waals surface area contributed by atoms with Crippen LogP contribution in [0.1, 0.15) is 47.0 Å². The van der Waals surface area contributed by atoms with Crippen molar-refractivity contribution in [1.82, 2.24) is 10.0 Å². The maximum Gasteiger partial charge on any atom is 0.140 e. The van der Waals surface area contributed by atoms with Gasteiger partial charge in [0, 0.05) is 6.54 Å². The Bertz CT molecular complexity index is 407. The predicted octanol–water partition coefficient (Wildman–Crippen LogP) is 2.88. The molecule has 0 aliphatic rings. The van der Waals surface area contributed by atoms with E-state index in [1.807, 2.05) is 20.8 Å². The number of alkyl halides is 1. The van der Waals surface area contributed by atoms with Gasteiger partial charge in [0.25, 0.3) is 0 Å². The van der Waals surface area contributed by atoms with Crippen LogP contribution in [0.25, 0.3) is 0 Å². The molecule has 0 rings (SSSR count). The minimum atomic E-state index is -1.58. The Balaban J connectivity index is 4.02. The van der Waals surface area contributed by atoms with Crippen LogP contribution in [0.15, 0.2) is 24.6 Å². The zero-order valence-corrected chi connectivity index (χ0v) is 15.3. The maximum atomic E-state index is 13.7. The fourth-order valence-corrected chi connectivity index (χ4v) is 2.53. The second-order valence-electron chi connectivity index (χ2n) is 6.41. The van der Waals surface area contributed by atoms with Crippen molar-refractivity contribution in [2.24, 2.45) is 0 Å². The number of aliphatic hydroxyl groups is 1. The summed E-state index contributed by atoms with van der Waals surface area (Å²) in [6, 6.07) is -0.845. The average molecular weight is 352 g/mol. The number of aliphatic hydroxyl groups excluding tert-OH is 1. The molecule has 0 fully saturated rings. The van der Waals surface area contributed by atoms with Crippen molar-refractivity contribution >= 4 is 11.0 Å². The van der Waals surface area contributed by atoms with Crippen molar-refractivity contribution in [3.63, 3.8) is 0 Å². The Morgan fingerprint density at radius 1 is 1.39 bits per heavy atom. The average Bonchev–Trinajstić information content (AvgIpc) is 2.42. The molecule has 0 aliphatic carbocycles. The first-order valence-corrected chi connectivity index (χ1v) is 8.93. The number of nitrogens with one attached hydrogen (secondary N) is 2. The molecule has 0 aliphatic heterocycles. The molecular formula is C16H30F2N2O2S. The van der Waals surface area contributed by atoms with Crippen LogP contribution in [0.2, 0.25) is 0 Å². The van der Waals surface area contributed by atoms with Gasteiger partial charge in [0.05, 0.1) is 27.6 Å². The lowest BCUT2D eigenvalue weighted by atomic mass is 10.1. The number of halogens is 2. The molecule has 4 atom stereocenters. The topological polar surface area (TPSA) is 61.4 Å². The van der Waals surface area contributed by atoms with E-state index in [-0.39, 0.29) is 4.75 Å². The van der Waals surface area contributed by atoms with Gasteiger partial charge in [-0.15, -0.1) is 6.58 Å². The Morgan fingerprint density at radius 2 is 2.00 bits per heavy atom. The number of rotatable bonds is 11. The molecule has 4 nitrogen and oxygen atoms in total. The Morgan fingerprint density at radius 3 is 2.48 bits per heavy atom. The molecule has 0 saturated heterocycles. The molecule has 0 saturated carbocycles. The third-order valence-corrected chi connectivity index (χ3v) is 4.64. The summed E-state index contributed by atoms with van der Waals surface area (Å²) < 4.78 is 40.8. The molecule has 7 heteroatoms. The molecule has 0 bridgehead atoms. The fraction of sp³-hybridized carbons (Fsp3) is 0.750. The van der Waals surface area contributed by atoms with E-state index in [0.717, 1.165) is 19.4 Å². The molecule has 0 heterocycles. The van der Waals surface area contributed by atoms with Crippen LogP contribution in [0.3, 0.4) is 0 Å². The molecule has 4 unspecified atom stereocenters. The van der Waals surface area contributed by atoms with E-state index in [1.54, 1.807) is 0 Å². The highest BCUT2D eigenvalue weighted by molar-refractivity contribution is 7.84. The first kappa shape index (κ1) is 22.4. The van der Waals surface area contributed by atoms with Gasteiger partial charge >= 0.3 is 0 Å². The first-order valence-electron chi connectivity index (χ1n) is 7.78. The summed E-state index contributed by atoms with van der Waals surface area (Å²) >= 11 is 0. The van der Waals surface area contributed by atoms with E-state index in [1.165, 1.54) is 6.08 Å². The zero-order chi connectivity index (χ0) is 18.0. The normalized spacial score (nSPS) is 18.3. The van der Waals surface area contributed by atoms with Crippen LogP contribution in [-0.4, -0.2) is 39.0 Å². The summed E-state index contributed by atoms with van der Waals surface area (Å²) in [5.41, 5.74) is 0. The van der Waals surface area contributed by atoms with E-state index in [2.05, 4.69) is 16.6 Å². The van der Waals surface area contributed by atoms with Crippen LogP contribution in [0, 0.1) is 0 Å². The Labute approximate surface area is 141 Å². The highest BCUT2D eigenvalue weighted by Crippen LogP contribution is 2.10. The van der Waals surface area contributed by atoms with Gasteiger partial charge < -0.3 is 5.11 Å². The summed E-state index contributed by atoms with van der Waals surface area (Å²) in [5.74, 6) is -0.612. The van der Waals surface area contributed by atoms with E-state index >= 15 is 0 Å². The van der Waals surface area contributed by atoms with E-state index in [4.69, 9.17) is 0 Å². The molecule has 0 spiro atoms. The van der Waals surface area contributed by atoms with Crippen LogP contribution in [0.4, 0.5) is 8.78 Å². The van der Waals surface area contributed by atoms with E-state index in [0.29, 0.717) is 19.4 Å². The smallest absolute Gasteiger partial charge is 0.140 e. The van der Waals surface area contributed by atoms with Crippen molar-refractivity contribution < 1.29 is 18.1 Å². The van der Waals surface area contributed by atoms with Gasteiger partial charge in [-0.2, -0.15) is 0 Å². The lowest BCUT2D eigenvalue weighted by molar-refractivity contribution is 0.105. The van der Waals surface area contributed by atoms with Gasteiger partial charge in [-0.25, -0.2) is 17.7 Å². The second-order valence-corrected chi connectivity index (χ2v) is 8.46. The summed E-state index contributed by atoms with van der Waals surface area (Å²) in [5, 5.41) is 12.5. The van der Waals surface area contributed by atoms with Crippen LogP contribution in [-0.2, 0) is 11.0 Å². The fourth-order valence-electron chi connectivity index (χ4n) is 1.76. The number of hydrogen-bond donors (Lipinski definition) is 3. The molecule has 3 N–H and O–H groups in total. The first-order chi connectivity index (χ1) is 10.6. The maximum absolute atomic E-state index is 13.7. The molecule has 0 aromatic carbocycles. The lowest BCUT2D eigenvalue weighted by Gasteiger charge is -2.21. The van der Waals surface area contributed by atoms with Gasteiger partial charge in [0.2, 0.25) is 0 Å². The standard InChI is InChI=1S/C16H30F2N2O2S/c1-6-14(13(18)11-12(2)17)20-15(21)9-7-8-10-19-23(22)16(3,4)5/h6,11,13-15,19-21H,1,7-10H2,2-5H3/b12-11+. The monoisotopic (exact) mass is 352 g/mol. The predicted molar refractivity (Wildman–Crippen MR) is 92.6 cm³/mol. The molecular weight excluding hydrogens is 322 g/mol. The van der Waals surface area contributed by atoms with Gasteiger partial charge in [0.1, 0.15) is 12.4 Å². The van der Waals surface area contributed by atoms with Gasteiger partial charge in [-0.1, -0.05) is 6.08 Å². The summed E-state index contributed by atoms with van der Waals surface area (Å²) in [7, 11) is -1.11. The highest BCUT2D eigenvalue weighted by atomic mass is 32.2. The number of hydrogen-bond acceptors (Lipinski definition) is 3. The van der Waals surface area contributed by atoms with Crippen LogP contribution >= 0.6 is 0 Å². The molecule has 23 heavy (non-hydrogen) atoms. The van der Waals surface area contributed by atoms with E-state index < -0.39 is 35.3 Å². The van der Waals surface area contributed by atoms with Crippen molar-refractivity contribution in [1.29, 1.82) is 0 Å². The summed E-state index contributed by atoms with van der Waals surface area (Å²) in [6.07, 6.45) is 1.50. The molecule has 0 amide bonds. The summed E-state index contributed by atoms with van der Waals surface area (Å²) in [4.78, 5) is 0. The molecule has 0 aromatic rings. The summed E-state index contributed by atoms with van der Waals surface area (Å²) in [6.45, 7) is 10.9. The van der Waals surface area contributed by atoms with Crippen LogP contribution < -0.4 is 10.0 Å². The van der Waals surface area contributed by atoms with Crippen LogP contribution in [0.5, 0.6) is 0 Å². The molecule has 136 valence electrons. The van der Waals surface area contributed by atoms with Crippen molar-refractivity contribution in [3.8, 4) is 0 Å². The minimum absolute atomic E-state index is 0.309. The van der Waals surface area contributed by atoms with E-state index in [9.17, 15) is 18.1 Å². The molecule has 0 radical (unpaired) electrons. The quantitative estimate of drug-likeness (QED) is 0.304.